The van der Waals surface area contributed by atoms with Crippen LogP contribution in [-0.2, 0) is 4.79 Å². The molecule has 104 valence electrons. The molecule has 0 aliphatic heterocycles. The highest BCUT2D eigenvalue weighted by Gasteiger charge is 2.25. The van der Waals surface area contributed by atoms with Gasteiger partial charge in [0.1, 0.15) is 0 Å². The van der Waals surface area contributed by atoms with Crippen molar-refractivity contribution in [1.82, 2.24) is 10.6 Å². The lowest BCUT2D eigenvalue weighted by Gasteiger charge is -2.31. The maximum absolute atomic E-state index is 11.5. The van der Waals surface area contributed by atoms with Gasteiger partial charge in [-0.15, -0.1) is 0 Å². The van der Waals surface area contributed by atoms with E-state index >= 15 is 0 Å². The van der Waals surface area contributed by atoms with E-state index < -0.39 is 18.0 Å². The number of rotatable bonds is 5. The van der Waals surface area contributed by atoms with Crippen LogP contribution < -0.4 is 16.4 Å². The van der Waals surface area contributed by atoms with Gasteiger partial charge in [0.25, 0.3) is 0 Å². The quantitative estimate of drug-likeness (QED) is 0.554. The normalized spacial score (nSPS) is 25.4. The second-order valence-corrected chi connectivity index (χ2v) is 4.97. The number of hydrogen-bond donors (Lipinski definition) is 4. The predicted molar refractivity (Wildman–Crippen MR) is 67.7 cm³/mol. The molecule has 0 aromatic rings. The number of urea groups is 1. The van der Waals surface area contributed by atoms with Crippen LogP contribution in [0.4, 0.5) is 4.79 Å². The number of aliphatic hydroxyl groups excluding tert-OH is 1. The molecule has 0 aromatic carbocycles. The Hall–Kier alpha value is -1.14. The molecule has 0 saturated heterocycles. The lowest BCUT2D eigenvalue weighted by atomic mass is 9.79. The highest BCUT2D eigenvalue weighted by molar-refractivity contribution is 5.96. The second kappa shape index (κ2) is 7.33. The average Bonchev–Trinajstić information content (AvgIpc) is 2.35. The zero-order valence-electron chi connectivity index (χ0n) is 10.8. The molecule has 1 aliphatic carbocycles. The Labute approximate surface area is 107 Å². The summed E-state index contributed by atoms with van der Waals surface area (Å²) in [6, 6.07) is -1.29. The lowest BCUT2D eigenvalue weighted by Crippen LogP contribution is -2.48. The number of nitrogens with one attached hydrogen (secondary N) is 2. The fraction of sp³-hybridized carbons (Fsp3) is 0.833. The van der Waals surface area contributed by atoms with E-state index in [2.05, 4.69) is 5.32 Å². The van der Waals surface area contributed by atoms with Gasteiger partial charge >= 0.3 is 6.03 Å². The van der Waals surface area contributed by atoms with Gasteiger partial charge in [-0.1, -0.05) is 12.8 Å². The average molecular weight is 257 g/mol. The molecule has 3 amide bonds. The topological polar surface area (TPSA) is 104 Å². The highest BCUT2D eigenvalue weighted by Crippen LogP contribution is 2.29. The smallest absolute Gasteiger partial charge is 0.318 e. The summed E-state index contributed by atoms with van der Waals surface area (Å²) in [5, 5.41) is 14.4. The van der Waals surface area contributed by atoms with E-state index in [1.54, 1.807) is 6.92 Å². The molecule has 0 radical (unpaired) electrons. The molecular formula is C12H23N3O3. The van der Waals surface area contributed by atoms with Crippen LogP contribution in [0.25, 0.3) is 0 Å². The number of amides is 3. The second-order valence-electron chi connectivity index (χ2n) is 4.97. The van der Waals surface area contributed by atoms with Crippen molar-refractivity contribution in [1.29, 1.82) is 0 Å². The van der Waals surface area contributed by atoms with Crippen LogP contribution in [0.15, 0.2) is 0 Å². The van der Waals surface area contributed by atoms with E-state index in [1.165, 1.54) is 12.8 Å². The SMILES string of the molecule is CC(NCC1CCCCC1CO)C(=O)NC(N)=O. The fourth-order valence-electron chi connectivity index (χ4n) is 2.44. The number of imide groups is 1. The van der Waals surface area contributed by atoms with Gasteiger partial charge < -0.3 is 16.2 Å². The van der Waals surface area contributed by atoms with Gasteiger partial charge in [0.05, 0.1) is 6.04 Å². The molecule has 0 spiro atoms. The molecule has 18 heavy (non-hydrogen) atoms. The third kappa shape index (κ3) is 4.62. The van der Waals surface area contributed by atoms with E-state index in [1.807, 2.05) is 5.32 Å². The monoisotopic (exact) mass is 257 g/mol. The standard InChI is InChI=1S/C12H23N3O3/c1-8(11(17)15-12(13)18)14-6-9-4-2-3-5-10(9)7-16/h8-10,14,16H,2-7H2,1H3,(H3,13,15,17,18). The Morgan fingerprint density at radius 3 is 2.50 bits per heavy atom. The first kappa shape index (κ1) is 14.9. The summed E-state index contributed by atoms with van der Waals surface area (Å²) < 4.78 is 0. The van der Waals surface area contributed by atoms with Crippen LogP contribution in [0.3, 0.4) is 0 Å². The van der Waals surface area contributed by atoms with Crippen LogP contribution in [0.2, 0.25) is 0 Å². The molecule has 1 fully saturated rings. The minimum absolute atomic E-state index is 0.203. The Morgan fingerprint density at radius 2 is 1.94 bits per heavy atom. The molecule has 0 aromatic heterocycles. The molecular weight excluding hydrogens is 234 g/mol. The van der Waals surface area contributed by atoms with Crippen LogP contribution in [-0.4, -0.2) is 36.2 Å². The molecule has 6 heteroatoms. The molecule has 0 bridgehead atoms. The fourth-order valence-corrected chi connectivity index (χ4v) is 2.44. The lowest BCUT2D eigenvalue weighted by molar-refractivity contribution is -0.121. The van der Waals surface area contributed by atoms with E-state index in [0.717, 1.165) is 12.8 Å². The summed E-state index contributed by atoms with van der Waals surface area (Å²) in [5.74, 6) is 0.295. The number of carbonyl (C=O) groups excluding carboxylic acids is 2. The molecule has 1 aliphatic rings. The zero-order valence-corrected chi connectivity index (χ0v) is 10.8. The van der Waals surface area contributed by atoms with Gasteiger partial charge in [-0.3, -0.25) is 10.1 Å². The van der Waals surface area contributed by atoms with Gasteiger partial charge in [0, 0.05) is 6.61 Å². The summed E-state index contributed by atoms with van der Waals surface area (Å²) in [5.41, 5.74) is 4.88. The molecule has 1 rings (SSSR count). The van der Waals surface area contributed by atoms with E-state index in [4.69, 9.17) is 5.73 Å². The van der Waals surface area contributed by atoms with Crippen molar-refractivity contribution in [3.05, 3.63) is 0 Å². The first-order valence-electron chi connectivity index (χ1n) is 6.49. The first-order chi connectivity index (χ1) is 8.54. The summed E-state index contributed by atoms with van der Waals surface area (Å²) in [7, 11) is 0. The highest BCUT2D eigenvalue weighted by atomic mass is 16.3. The van der Waals surface area contributed by atoms with Gasteiger partial charge in [-0.25, -0.2) is 4.79 Å². The third-order valence-corrected chi connectivity index (χ3v) is 3.63. The number of nitrogens with two attached hydrogens (primary N) is 1. The molecule has 1 saturated carbocycles. The van der Waals surface area contributed by atoms with Crippen molar-refractivity contribution in [2.75, 3.05) is 13.2 Å². The van der Waals surface area contributed by atoms with Crippen molar-refractivity contribution in [2.45, 2.75) is 38.6 Å². The number of aliphatic hydroxyl groups is 1. The number of carbonyl (C=O) groups is 2. The van der Waals surface area contributed by atoms with Crippen LogP contribution in [0.5, 0.6) is 0 Å². The van der Waals surface area contributed by atoms with Crippen LogP contribution >= 0.6 is 0 Å². The largest absolute Gasteiger partial charge is 0.396 e. The molecule has 5 N–H and O–H groups in total. The third-order valence-electron chi connectivity index (χ3n) is 3.63. The Bertz CT molecular complexity index is 296. The Morgan fingerprint density at radius 1 is 1.33 bits per heavy atom. The summed E-state index contributed by atoms with van der Waals surface area (Å²) in [6.07, 6.45) is 4.46. The molecule has 3 unspecified atom stereocenters. The van der Waals surface area contributed by atoms with Gasteiger partial charge in [0.15, 0.2) is 0 Å². The maximum atomic E-state index is 11.5. The van der Waals surface area contributed by atoms with E-state index in [-0.39, 0.29) is 6.61 Å². The number of primary amides is 1. The van der Waals surface area contributed by atoms with Gasteiger partial charge in [-0.05, 0) is 38.1 Å². The van der Waals surface area contributed by atoms with Gasteiger partial charge in [0.2, 0.25) is 5.91 Å². The summed E-state index contributed by atoms with van der Waals surface area (Å²) in [6.45, 7) is 2.57. The molecule has 6 nitrogen and oxygen atoms in total. The van der Waals surface area contributed by atoms with Crippen LogP contribution in [0, 0.1) is 11.8 Å². The Balaban J connectivity index is 2.34. The van der Waals surface area contributed by atoms with Crippen molar-refractivity contribution >= 4 is 11.9 Å². The minimum atomic E-state index is -0.834. The van der Waals surface area contributed by atoms with Crippen molar-refractivity contribution < 1.29 is 14.7 Å². The van der Waals surface area contributed by atoms with Crippen molar-refractivity contribution in [3.63, 3.8) is 0 Å². The van der Waals surface area contributed by atoms with E-state index in [9.17, 15) is 14.7 Å². The van der Waals surface area contributed by atoms with E-state index in [0.29, 0.717) is 18.4 Å². The summed E-state index contributed by atoms with van der Waals surface area (Å²) in [4.78, 5) is 22.0. The predicted octanol–water partition coefficient (Wildman–Crippen LogP) is -0.0419. The molecule has 0 heterocycles. The Kier molecular flexibility index (Phi) is 6.07. The minimum Gasteiger partial charge on any atom is -0.396 e. The molecule has 3 atom stereocenters. The zero-order chi connectivity index (χ0) is 13.5. The maximum Gasteiger partial charge on any atom is 0.318 e. The van der Waals surface area contributed by atoms with Crippen LogP contribution in [0.1, 0.15) is 32.6 Å². The first-order valence-corrected chi connectivity index (χ1v) is 6.49. The van der Waals surface area contributed by atoms with Gasteiger partial charge in [-0.2, -0.15) is 0 Å². The number of hydrogen-bond acceptors (Lipinski definition) is 4. The van der Waals surface area contributed by atoms with Crippen molar-refractivity contribution in [2.24, 2.45) is 17.6 Å². The van der Waals surface area contributed by atoms with Crippen molar-refractivity contribution in [3.8, 4) is 0 Å². The summed E-state index contributed by atoms with van der Waals surface area (Å²) >= 11 is 0.